The van der Waals surface area contributed by atoms with Crippen molar-refractivity contribution >= 4 is 40.2 Å². The second-order valence-corrected chi connectivity index (χ2v) is 9.33. The lowest BCUT2D eigenvalue weighted by molar-refractivity contribution is -0.00308. The molecule has 0 saturated heterocycles. The number of benzene rings is 3. The van der Waals surface area contributed by atoms with Crippen LogP contribution < -0.4 is 5.32 Å². The number of aromatic nitrogens is 1. The number of fused-ring (bicyclic) bond motifs is 1. The minimum absolute atomic E-state index is 0.0938. The highest BCUT2D eigenvalue weighted by atomic mass is 35.5. The first-order valence-corrected chi connectivity index (χ1v) is 11.5. The number of carbonyl (C=O) groups excluding carboxylic acids is 1. The third-order valence-corrected chi connectivity index (χ3v) is 6.55. The van der Waals surface area contributed by atoms with E-state index in [1.165, 1.54) is 17.8 Å². The first kappa shape index (κ1) is 23.2. The Bertz CT molecular complexity index is 1330. The molecular weight excluding hydrogens is 462 g/mol. The van der Waals surface area contributed by atoms with Crippen molar-refractivity contribution in [3.8, 4) is 0 Å². The molecule has 1 N–H and O–H groups in total. The molecule has 0 radical (unpaired) electrons. The summed E-state index contributed by atoms with van der Waals surface area (Å²) in [5.41, 5.74) is 2.23. The van der Waals surface area contributed by atoms with Crippen molar-refractivity contribution in [2.24, 2.45) is 0 Å². The first-order valence-electron chi connectivity index (χ1n) is 10.3. The molecule has 0 atom stereocenters. The van der Waals surface area contributed by atoms with Gasteiger partial charge in [-0.2, -0.15) is 8.78 Å². The quantitative estimate of drug-likeness (QED) is 0.316. The highest BCUT2D eigenvalue weighted by molar-refractivity contribution is 7.99. The number of nitrogens with zero attached hydrogens (tertiary/aromatic N) is 1. The number of rotatable bonds is 6. The van der Waals surface area contributed by atoms with Gasteiger partial charge in [0.15, 0.2) is 0 Å². The van der Waals surface area contributed by atoms with E-state index in [2.05, 4.69) is 10.3 Å². The molecule has 1 heterocycles. The van der Waals surface area contributed by atoms with Gasteiger partial charge in [0.1, 0.15) is 0 Å². The zero-order valence-electron chi connectivity index (χ0n) is 18.0. The van der Waals surface area contributed by atoms with E-state index in [1.54, 1.807) is 55.6 Å². The Kier molecular flexibility index (Phi) is 6.68. The molecule has 1 amide bonds. The van der Waals surface area contributed by atoms with Gasteiger partial charge in [-0.05, 0) is 49.7 Å². The number of pyridine rings is 1. The Morgan fingerprint density at radius 1 is 1.06 bits per heavy atom. The molecule has 4 rings (SSSR count). The molecule has 0 saturated carbocycles. The maximum absolute atomic E-state index is 15.0. The number of alkyl halides is 2. The molecule has 0 unspecified atom stereocenters. The van der Waals surface area contributed by atoms with Gasteiger partial charge in [0.2, 0.25) is 0 Å². The van der Waals surface area contributed by atoms with Crippen LogP contribution in [0.25, 0.3) is 10.9 Å². The molecule has 0 aliphatic heterocycles. The lowest BCUT2D eigenvalue weighted by Gasteiger charge is -2.20. The van der Waals surface area contributed by atoms with Gasteiger partial charge in [0.25, 0.3) is 11.8 Å². The summed E-state index contributed by atoms with van der Waals surface area (Å²) in [6.45, 7) is 2.69. The van der Waals surface area contributed by atoms with Crippen molar-refractivity contribution in [2.75, 3.05) is 6.54 Å². The third-order valence-electron chi connectivity index (χ3n) is 5.26. The number of halogens is 3. The van der Waals surface area contributed by atoms with Gasteiger partial charge in [-0.25, -0.2) is 0 Å². The zero-order chi connectivity index (χ0) is 23.6. The van der Waals surface area contributed by atoms with Crippen molar-refractivity contribution < 1.29 is 13.6 Å². The van der Waals surface area contributed by atoms with E-state index >= 15 is 0 Å². The maximum Gasteiger partial charge on any atom is 0.290 e. The summed E-state index contributed by atoms with van der Waals surface area (Å²) in [6, 6.07) is 19.1. The molecule has 0 bridgehead atoms. The zero-order valence-corrected chi connectivity index (χ0v) is 19.6. The molecule has 4 aromatic rings. The predicted molar refractivity (Wildman–Crippen MR) is 129 cm³/mol. The summed E-state index contributed by atoms with van der Waals surface area (Å²) < 4.78 is 30.0. The third kappa shape index (κ3) is 5.18. The summed E-state index contributed by atoms with van der Waals surface area (Å²) >= 11 is 7.30. The molecule has 0 aliphatic carbocycles. The van der Waals surface area contributed by atoms with Crippen LogP contribution in [0.2, 0.25) is 5.02 Å². The second-order valence-electron chi connectivity index (χ2n) is 7.78. The second kappa shape index (κ2) is 9.49. The van der Waals surface area contributed by atoms with E-state index in [-0.39, 0.29) is 5.56 Å². The van der Waals surface area contributed by atoms with Crippen LogP contribution in [0.3, 0.4) is 0 Å². The van der Waals surface area contributed by atoms with Gasteiger partial charge in [-0.3, -0.25) is 9.78 Å². The number of aryl methyl sites for hydroxylation is 2. The molecule has 168 valence electrons. The van der Waals surface area contributed by atoms with Crippen molar-refractivity contribution in [1.82, 2.24) is 10.3 Å². The van der Waals surface area contributed by atoms with Crippen LogP contribution in [0.5, 0.6) is 0 Å². The van der Waals surface area contributed by atoms with E-state index in [0.29, 0.717) is 31.9 Å². The van der Waals surface area contributed by atoms with Crippen molar-refractivity contribution in [3.05, 3.63) is 100 Å². The van der Waals surface area contributed by atoms with E-state index in [9.17, 15) is 13.6 Å². The van der Waals surface area contributed by atoms with Crippen molar-refractivity contribution in [3.63, 3.8) is 0 Å². The smallest absolute Gasteiger partial charge is 0.290 e. The summed E-state index contributed by atoms with van der Waals surface area (Å²) in [7, 11) is 0. The topological polar surface area (TPSA) is 42.0 Å². The highest BCUT2D eigenvalue weighted by Crippen LogP contribution is 2.35. The standard InChI is InChI=1S/C26H21ClF2N2OS/c1-16-7-12-21(17(2)13-16)26(28,29)15-31-25(32)24-20-5-3-4-6-22(20)30-14-23(24)33-19-10-8-18(27)9-11-19/h3-14H,15H2,1-2H3,(H,31,32). The number of nitrogens with one attached hydrogen (secondary N) is 1. The van der Waals surface area contributed by atoms with Gasteiger partial charge < -0.3 is 5.32 Å². The van der Waals surface area contributed by atoms with Crippen LogP contribution >= 0.6 is 23.4 Å². The molecule has 0 spiro atoms. The van der Waals surface area contributed by atoms with E-state index in [4.69, 9.17) is 11.6 Å². The average molecular weight is 483 g/mol. The summed E-state index contributed by atoms with van der Waals surface area (Å²) in [4.78, 5) is 19.1. The fourth-order valence-electron chi connectivity index (χ4n) is 3.66. The van der Waals surface area contributed by atoms with Gasteiger partial charge in [0.05, 0.1) is 17.6 Å². The minimum atomic E-state index is -3.21. The van der Waals surface area contributed by atoms with Crippen molar-refractivity contribution in [1.29, 1.82) is 0 Å². The molecule has 1 aromatic heterocycles. The number of hydrogen-bond acceptors (Lipinski definition) is 3. The van der Waals surface area contributed by atoms with Crippen LogP contribution in [-0.2, 0) is 5.92 Å². The molecule has 33 heavy (non-hydrogen) atoms. The Hall–Kier alpha value is -2.96. The monoisotopic (exact) mass is 482 g/mol. The predicted octanol–water partition coefficient (Wildman–Crippen LogP) is 7.18. The number of para-hydroxylation sites is 1. The molecule has 0 aliphatic rings. The Labute approximate surface area is 200 Å². The summed E-state index contributed by atoms with van der Waals surface area (Å²) in [6.07, 6.45) is 1.60. The maximum atomic E-state index is 15.0. The van der Waals surface area contributed by atoms with Crippen LogP contribution in [0.4, 0.5) is 8.78 Å². The van der Waals surface area contributed by atoms with E-state index < -0.39 is 18.4 Å². The molecule has 0 fully saturated rings. The molecule has 3 aromatic carbocycles. The normalized spacial score (nSPS) is 11.5. The fourth-order valence-corrected chi connectivity index (χ4v) is 4.73. The van der Waals surface area contributed by atoms with Gasteiger partial charge in [-0.1, -0.05) is 65.3 Å². The Balaban J connectivity index is 1.65. The number of hydrogen-bond donors (Lipinski definition) is 1. The highest BCUT2D eigenvalue weighted by Gasteiger charge is 2.34. The van der Waals surface area contributed by atoms with Gasteiger partial charge in [-0.15, -0.1) is 0 Å². The summed E-state index contributed by atoms with van der Waals surface area (Å²) in [5, 5.41) is 3.66. The van der Waals surface area contributed by atoms with E-state index in [0.717, 1.165) is 10.5 Å². The van der Waals surface area contributed by atoms with Crippen LogP contribution in [0.1, 0.15) is 27.0 Å². The van der Waals surface area contributed by atoms with Crippen LogP contribution in [0.15, 0.2) is 82.7 Å². The van der Waals surface area contributed by atoms with Gasteiger partial charge >= 0.3 is 0 Å². The fraction of sp³-hybridized carbons (Fsp3) is 0.154. The largest absolute Gasteiger partial charge is 0.346 e. The molecule has 3 nitrogen and oxygen atoms in total. The van der Waals surface area contributed by atoms with Crippen LogP contribution in [-0.4, -0.2) is 17.4 Å². The van der Waals surface area contributed by atoms with Gasteiger partial charge in [0, 0.05) is 32.0 Å². The molecule has 7 heteroatoms. The SMILES string of the molecule is Cc1ccc(C(F)(F)CNC(=O)c2c(Sc3ccc(Cl)cc3)cnc3ccccc23)c(C)c1. The first-order chi connectivity index (χ1) is 15.7. The number of carbonyl (C=O) groups is 1. The van der Waals surface area contributed by atoms with Crippen molar-refractivity contribution in [2.45, 2.75) is 29.6 Å². The number of amides is 1. The lowest BCUT2D eigenvalue weighted by Crippen LogP contribution is -2.35. The minimum Gasteiger partial charge on any atom is -0.346 e. The summed E-state index contributed by atoms with van der Waals surface area (Å²) in [5.74, 6) is -3.78. The Morgan fingerprint density at radius 3 is 2.52 bits per heavy atom. The Morgan fingerprint density at radius 2 is 1.79 bits per heavy atom. The van der Waals surface area contributed by atoms with Crippen LogP contribution in [0, 0.1) is 13.8 Å². The molecular formula is C26H21ClF2N2OS. The average Bonchev–Trinajstić information content (AvgIpc) is 2.78. The lowest BCUT2D eigenvalue weighted by atomic mass is 10.00. The van der Waals surface area contributed by atoms with E-state index in [1.807, 2.05) is 25.1 Å².